The zero-order valence-electron chi connectivity index (χ0n) is 14.6. The molecule has 2 atom stereocenters. The summed E-state index contributed by atoms with van der Waals surface area (Å²) in [7, 11) is 4.16. The Balaban J connectivity index is 0.00000192. The smallest absolute Gasteiger partial charge is 0.191 e. The lowest BCUT2D eigenvalue weighted by Crippen LogP contribution is -2.56. The molecular weight excluding hydrogens is 403 g/mol. The highest BCUT2D eigenvalue weighted by atomic mass is 127. The maximum Gasteiger partial charge on any atom is 0.191 e. The van der Waals surface area contributed by atoms with Crippen molar-refractivity contribution in [2.45, 2.75) is 63.1 Å². The van der Waals surface area contributed by atoms with E-state index in [9.17, 15) is 0 Å². The number of aliphatic imine (C=N–C) groups is 1. The molecule has 3 aliphatic rings. The van der Waals surface area contributed by atoms with Crippen LogP contribution in [0.1, 0.15) is 44.9 Å². The fourth-order valence-electron chi connectivity index (χ4n) is 3.90. The average molecular weight is 436 g/mol. The fourth-order valence-corrected chi connectivity index (χ4v) is 3.90. The maximum absolute atomic E-state index is 5.67. The van der Waals surface area contributed by atoms with Crippen LogP contribution in [-0.4, -0.2) is 62.8 Å². The van der Waals surface area contributed by atoms with Crippen LogP contribution in [0.4, 0.5) is 0 Å². The van der Waals surface area contributed by atoms with E-state index in [0.717, 1.165) is 43.7 Å². The zero-order chi connectivity index (χ0) is 15.4. The van der Waals surface area contributed by atoms with Gasteiger partial charge >= 0.3 is 0 Å². The molecular formula is C17H33IN4O. The third-order valence-electron chi connectivity index (χ3n) is 5.49. The van der Waals surface area contributed by atoms with Crippen molar-refractivity contribution in [1.29, 1.82) is 0 Å². The summed E-state index contributed by atoms with van der Waals surface area (Å²) in [5.41, 5.74) is 0. The molecule has 6 heteroatoms. The normalized spacial score (nSPS) is 31.4. The topological polar surface area (TPSA) is 48.9 Å². The Morgan fingerprint density at radius 1 is 1.17 bits per heavy atom. The number of guanidine groups is 1. The average Bonchev–Trinajstić information content (AvgIpc) is 3.31. The van der Waals surface area contributed by atoms with Crippen molar-refractivity contribution in [2.24, 2.45) is 10.9 Å². The number of nitrogens with one attached hydrogen (secondary N) is 2. The van der Waals surface area contributed by atoms with Gasteiger partial charge in [0.15, 0.2) is 5.96 Å². The number of fused-ring (bicyclic) bond motifs is 2. The lowest BCUT2D eigenvalue weighted by molar-refractivity contribution is 0.0526. The van der Waals surface area contributed by atoms with E-state index in [1.54, 1.807) is 0 Å². The summed E-state index contributed by atoms with van der Waals surface area (Å²) in [6.07, 6.45) is 9.30. The first-order valence-electron chi connectivity index (χ1n) is 9.03. The Morgan fingerprint density at radius 3 is 2.48 bits per heavy atom. The van der Waals surface area contributed by atoms with Crippen molar-refractivity contribution in [3.05, 3.63) is 0 Å². The van der Waals surface area contributed by atoms with Crippen molar-refractivity contribution in [1.82, 2.24) is 15.5 Å². The van der Waals surface area contributed by atoms with Crippen molar-refractivity contribution in [3.63, 3.8) is 0 Å². The third kappa shape index (κ3) is 5.74. The molecule has 5 nitrogen and oxygen atoms in total. The van der Waals surface area contributed by atoms with Crippen molar-refractivity contribution in [2.75, 3.05) is 33.9 Å². The number of ether oxygens (including phenoxy) is 1. The number of piperidine rings is 2. The van der Waals surface area contributed by atoms with E-state index in [2.05, 4.69) is 27.6 Å². The van der Waals surface area contributed by atoms with Crippen LogP contribution in [-0.2, 0) is 4.74 Å². The van der Waals surface area contributed by atoms with Crippen molar-refractivity contribution in [3.8, 4) is 0 Å². The van der Waals surface area contributed by atoms with Gasteiger partial charge in [0, 0.05) is 38.3 Å². The Bertz CT molecular complexity index is 375. The fraction of sp³-hybridized carbons (Fsp3) is 0.941. The van der Waals surface area contributed by atoms with Gasteiger partial charge in [-0.1, -0.05) is 6.42 Å². The number of hydrogen-bond acceptors (Lipinski definition) is 3. The van der Waals surface area contributed by atoms with Gasteiger partial charge in [0.05, 0.1) is 6.61 Å². The summed E-state index contributed by atoms with van der Waals surface area (Å²) in [6, 6.07) is 2.07. The summed E-state index contributed by atoms with van der Waals surface area (Å²) in [4.78, 5) is 6.97. The first kappa shape index (κ1) is 19.2. The van der Waals surface area contributed by atoms with E-state index < -0.39 is 0 Å². The molecule has 2 N–H and O–H groups in total. The monoisotopic (exact) mass is 436 g/mol. The van der Waals surface area contributed by atoms with Gasteiger partial charge in [-0.25, -0.2) is 0 Å². The SMILES string of the molecule is CN=C(NCCOCC1CC1)NC1CC2CCCC(C1)N2C.I. The Kier molecular flexibility index (Phi) is 7.88. The van der Waals surface area contributed by atoms with Gasteiger partial charge in [-0.2, -0.15) is 0 Å². The first-order valence-corrected chi connectivity index (χ1v) is 9.03. The molecule has 2 aliphatic heterocycles. The number of halogens is 1. The molecule has 2 unspecified atom stereocenters. The number of rotatable bonds is 6. The maximum atomic E-state index is 5.67. The summed E-state index contributed by atoms with van der Waals surface area (Å²) in [5, 5.41) is 7.01. The summed E-state index contributed by atoms with van der Waals surface area (Å²) in [6.45, 7) is 2.55. The highest BCUT2D eigenvalue weighted by Gasteiger charge is 2.36. The summed E-state index contributed by atoms with van der Waals surface area (Å²) in [5.74, 6) is 1.78. The second-order valence-electron chi connectivity index (χ2n) is 7.23. The van der Waals surface area contributed by atoms with Gasteiger partial charge < -0.3 is 20.3 Å². The molecule has 2 heterocycles. The van der Waals surface area contributed by atoms with Crippen LogP contribution in [0.5, 0.6) is 0 Å². The largest absolute Gasteiger partial charge is 0.379 e. The number of hydrogen-bond donors (Lipinski definition) is 2. The molecule has 3 rings (SSSR count). The van der Waals surface area contributed by atoms with E-state index in [1.807, 2.05) is 7.05 Å². The van der Waals surface area contributed by atoms with Gasteiger partial charge in [0.2, 0.25) is 0 Å². The molecule has 1 aliphatic carbocycles. The van der Waals surface area contributed by atoms with Crippen LogP contribution in [0.2, 0.25) is 0 Å². The van der Waals surface area contributed by atoms with Crippen molar-refractivity contribution >= 4 is 29.9 Å². The van der Waals surface area contributed by atoms with E-state index in [1.165, 1.54) is 44.9 Å². The van der Waals surface area contributed by atoms with Crippen molar-refractivity contribution < 1.29 is 4.74 Å². The van der Waals surface area contributed by atoms with E-state index >= 15 is 0 Å². The quantitative estimate of drug-likeness (QED) is 0.290. The van der Waals surface area contributed by atoms with Crippen LogP contribution < -0.4 is 10.6 Å². The lowest BCUT2D eigenvalue weighted by Gasteiger charge is -2.47. The number of nitrogens with zero attached hydrogens (tertiary/aromatic N) is 2. The minimum Gasteiger partial charge on any atom is -0.379 e. The summed E-state index contributed by atoms with van der Waals surface area (Å²) < 4.78 is 5.67. The highest BCUT2D eigenvalue weighted by molar-refractivity contribution is 14.0. The molecule has 0 amide bonds. The third-order valence-corrected chi connectivity index (χ3v) is 5.49. The predicted octanol–water partition coefficient (Wildman–Crippen LogP) is 2.21. The van der Waals surface area contributed by atoms with Crippen LogP contribution >= 0.6 is 24.0 Å². The highest BCUT2D eigenvalue weighted by Crippen LogP contribution is 2.32. The Labute approximate surface area is 158 Å². The van der Waals surface area contributed by atoms with Gasteiger partial charge in [-0.15, -0.1) is 24.0 Å². The second kappa shape index (κ2) is 9.42. The molecule has 3 fully saturated rings. The molecule has 0 spiro atoms. The van der Waals surface area contributed by atoms with E-state index in [-0.39, 0.29) is 24.0 Å². The minimum absolute atomic E-state index is 0. The Hall–Kier alpha value is -0.0800. The van der Waals surface area contributed by atoms with Crippen LogP contribution in [0.15, 0.2) is 4.99 Å². The first-order chi connectivity index (χ1) is 10.8. The molecule has 134 valence electrons. The molecule has 0 radical (unpaired) electrons. The zero-order valence-corrected chi connectivity index (χ0v) is 16.9. The standard InChI is InChI=1S/C17H32N4O.HI/c1-18-17(19-8-9-22-12-13-6-7-13)20-14-10-15-4-3-5-16(11-14)21(15)2;/h13-16H,3-12H2,1-2H3,(H2,18,19,20);1H. The van der Waals surface area contributed by atoms with Gasteiger partial charge in [0.1, 0.15) is 0 Å². The summed E-state index contributed by atoms with van der Waals surface area (Å²) >= 11 is 0. The van der Waals surface area contributed by atoms with Gasteiger partial charge in [0.25, 0.3) is 0 Å². The van der Waals surface area contributed by atoms with Gasteiger partial charge in [-0.3, -0.25) is 4.99 Å². The molecule has 23 heavy (non-hydrogen) atoms. The second-order valence-corrected chi connectivity index (χ2v) is 7.23. The Morgan fingerprint density at radius 2 is 1.87 bits per heavy atom. The molecule has 2 saturated heterocycles. The van der Waals surface area contributed by atoms with Gasteiger partial charge in [-0.05, 0) is 51.5 Å². The molecule has 1 saturated carbocycles. The molecule has 2 bridgehead atoms. The lowest BCUT2D eigenvalue weighted by atomic mass is 9.82. The molecule has 0 aromatic carbocycles. The predicted molar refractivity (Wildman–Crippen MR) is 106 cm³/mol. The van der Waals surface area contributed by atoms with Crippen LogP contribution in [0.25, 0.3) is 0 Å². The van der Waals surface area contributed by atoms with Crippen LogP contribution in [0, 0.1) is 5.92 Å². The van der Waals surface area contributed by atoms with E-state index in [0.29, 0.717) is 6.04 Å². The van der Waals surface area contributed by atoms with E-state index in [4.69, 9.17) is 4.74 Å². The molecule has 0 aromatic rings. The minimum atomic E-state index is 0. The molecule has 0 aromatic heterocycles. The van der Waals surface area contributed by atoms with Crippen LogP contribution in [0.3, 0.4) is 0 Å².